The number of hydrogen-bond acceptors (Lipinski definition) is 2. The van der Waals surface area contributed by atoms with Crippen molar-refractivity contribution >= 4 is 33.4 Å². The lowest BCUT2D eigenvalue weighted by molar-refractivity contribution is 0.0919. The quantitative estimate of drug-likeness (QED) is 0.844. The fourth-order valence-corrected chi connectivity index (χ4v) is 2.35. The monoisotopic (exact) mass is 374 g/mol. The van der Waals surface area contributed by atoms with Gasteiger partial charge in [0.05, 0.1) is 0 Å². The summed E-state index contributed by atoms with van der Waals surface area (Å²) in [7, 11) is 0. The van der Waals surface area contributed by atoms with E-state index in [4.69, 9.17) is 0 Å². The number of benzene rings is 2. The van der Waals surface area contributed by atoms with Crippen LogP contribution in [0.2, 0.25) is 0 Å². The molecule has 0 heterocycles. The van der Waals surface area contributed by atoms with Crippen molar-refractivity contribution in [1.29, 1.82) is 0 Å². The minimum atomic E-state index is -0.287. The maximum Gasteiger partial charge on any atom is 0.255 e. The molecule has 2 aromatic carbocycles. The van der Waals surface area contributed by atoms with Gasteiger partial charge >= 0.3 is 0 Å². The van der Waals surface area contributed by atoms with E-state index in [1.54, 1.807) is 42.5 Å². The van der Waals surface area contributed by atoms with Gasteiger partial charge in [-0.05, 0) is 63.2 Å². The second-order valence-electron chi connectivity index (χ2n) is 6.25. The van der Waals surface area contributed by atoms with Crippen LogP contribution >= 0.6 is 15.9 Å². The summed E-state index contributed by atoms with van der Waals surface area (Å²) in [5.74, 6) is -0.333. The summed E-state index contributed by atoms with van der Waals surface area (Å²) >= 11 is 3.34. The van der Waals surface area contributed by atoms with Crippen molar-refractivity contribution in [1.82, 2.24) is 5.32 Å². The number of hydrogen-bond donors (Lipinski definition) is 2. The maximum atomic E-state index is 12.2. The zero-order chi connectivity index (χ0) is 17.0. The van der Waals surface area contributed by atoms with E-state index in [-0.39, 0.29) is 17.4 Å². The molecular formula is C18H19BrN2O2. The summed E-state index contributed by atoms with van der Waals surface area (Å²) in [5, 5.41) is 5.70. The Labute approximate surface area is 144 Å². The molecule has 2 aromatic rings. The normalized spacial score (nSPS) is 11.0. The Morgan fingerprint density at radius 3 is 2.13 bits per heavy atom. The fourth-order valence-electron chi connectivity index (χ4n) is 1.95. The average Bonchev–Trinajstić information content (AvgIpc) is 2.46. The molecular weight excluding hydrogens is 356 g/mol. The Morgan fingerprint density at radius 1 is 0.913 bits per heavy atom. The van der Waals surface area contributed by atoms with Gasteiger partial charge in [0.1, 0.15) is 0 Å². The molecule has 0 aliphatic heterocycles. The van der Waals surface area contributed by atoms with Crippen LogP contribution in [0.15, 0.2) is 53.0 Å². The topological polar surface area (TPSA) is 58.2 Å². The summed E-state index contributed by atoms with van der Waals surface area (Å²) in [5.41, 5.74) is 1.47. The number of carbonyl (C=O) groups is 2. The lowest BCUT2D eigenvalue weighted by Gasteiger charge is -2.20. The average molecular weight is 375 g/mol. The lowest BCUT2D eigenvalue weighted by atomic mass is 10.1. The summed E-state index contributed by atoms with van der Waals surface area (Å²) in [6.45, 7) is 5.78. The molecule has 2 amide bonds. The maximum absolute atomic E-state index is 12.2. The first kappa shape index (κ1) is 17.2. The van der Waals surface area contributed by atoms with Crippen LogP contribution in [0.3, 0.4) is 0 Å². The van der Waals surface area contributed by atoms with E-state index in [1.165, 1.54) is 0 Å². The molecule has 0 fully saturated rings. The molecule has 5 heteroatoms. The lowest BCUT2D eigenvalue weighted by Crippen LogP contribution is -2.40. The van der Waals surface area contributed by atoms with E-state index < -0.39 is 0 Å². The van der Waals surface area contributed by atoms with Crippen molar-refractivity contribution in [2.24, 2.45) is 0 Å². The van der Waals surface area contributed by atoms with Gasteiger partial charge in [-0.2, -0.15) is 0 Å². The zero-order valence-corrected chi connectivity index (χ0v) is 14.9. The van der Waals surface area contributed by atoms with Crippen molar-refractivity contribution < 1.29 is 9.59 Å². The summed E-state index contributed by atoms with van der Waals surface area (Å²) < 4.78 is 0.847. The van der Waals surface area contributed by atoms with Gasteiger partial charge in [0.15, 0.2) is 0 Å². The van der Waals surface area contributed by atoms with Gasteiger partial charge in [-0.3, -0.25) is 9.59 Å². The molecule has 0 bridgehead atoms. The molecule has 2 rings (SSSR count). The first-order valence-corrected chi connectivity index (χ1v) is 8.03. The third-order valence-corrected chi connectivity index (χ3v) is 3.47. The Morgan fingerprint density at radius 2 is 1.57 bits per heavy atom. The Bertz CT molecular complexity index is 719. The highest BCUT2D eigenvalue weighted by Crippen LogP contribution is 2.15. The minimum Gasteiger partial charge on any atom is -0.347 e. The number of nitrogens with one attached hydrogen (secondary N) is 2. The number of anilines is 1. The molecule has 0 aliphatic carbocycles. The van der Waals surface area contributed by atoms with Crippen LogP contribution in [0, 0.1) is 0 Å². The molecule has 2 N–H and O–H groups in total. The molecule has 4 nitrogen and oxygen atoms in total. The molecule has 0 spiro atoms. The van der Waals surface area contributed by atoms with Crippen molar-refractivity contribution in [2.75, 3.05) is 5.32 Å². The highest BCUT2D eigenvalue weighted by molar-refractivity contribution is 9.10. The molecule has 0 saturated heterocycles. The molecule has 0 atom stereocenters. The Balaban J connectivity index is 2.05. The van der Waals surface area contributed by atoms with Gasteiger partial charge in [0.2, 0.25) is 0 Å². The van der Waals surface area contributed by atoms with E-state index in [0.29, 0.717) is 16.8 Å². The van der Waals surface area contributed by atoms with E-state index in [9.17, 15) is 9.59 Å². The molecule has 0 aliphatic rings. The molecule has 23 heavy (non-hydrogen) atoms. The van der Waals surface area contributed by atoms with Gasteiger partial charge in [-0.25, -0.2) is 0 Å². The predicted octanol–water partition coefficient (Wildman–Crippen LogP) is 4.23. The van der Waals surface area contributed by atoms with E-state index >= 15 is 0 Å². The van der Waals surface area contributed by atoms with Crippen LogP contribution in [-0.2, 0) is 0 Å². The van der Waals surface area contributed by atoms with Gasteiger partial charge in [0, 0.05) is 26.8 Å². The van der Waals surface area contributed by atoms with Crippen molar-refractivity contribution in [2.45, 2.75) is 26.3 Å². The summed E-state index contributed by atoms with van der Waals surface area (Å²) in [6.07, 6.45) is 0. The van der Waals surface area contributed by atoms with Crippen LogP contribution in [-0.4, -0.2) is 17.4 Å². The Hall–Kier alpha value is -2.14. The van der Waals surface area contributed by atoms with Gasteiger partial charge in [-0.15, -0.1) is 0 Å². The van der Waals surface area contributed by atoms with Crippen LogP contribution in [0.5, 0.6) is 0 Å². The third kappa shape index (κ3) is 5.21. The molecule has 0 unspecified atom stereocenters. The number of carbonyl (C=O) groups excluding carboxylic acids is 2. The van der Waals surface area contributed by atoms with Crippen LogP contribution in [0.4, 0.5) is 5.69 Å². The first-order chi connectivity index (χ1) is 10.7. The van der Waals surface area contributed by atoms with Crippen molar-refractivity contribution in [3.63, 3.8) is 0 Å². The van der Waals surface area contributed by atoms with E-state index in [0.717, 1.165) is 4.47 Å². The SMILES string of the molecule is CC(C)(C)NC(=O)c1ccc(NC(=O)c2cccc(Br)c2)cc1. The van der Waals surface area contributed by atoms with E-state index in [1.807, 2.05) is 26.8 Å². The fraction of sp³-hybridized carbons (Fsp3) is 0.222. The van der Waals surface area contributed by atoms with Crippen LogP contribution in [0.25, 0.3) is 0 Å². The predicted molar refractivity (Wildman–Crippen MR) is 95.8 cm³/mol. The smallest absolute Gasteiger partial charge is 0.255 e. The third-order valence-electron chi connectivity index (χ3n) is 2.98. The highest BCUT2D eigenvalue weighted by atomic mass is 79.9. The molecule has 0 aromatic heterocycles. The number of amides is 2. The zero-order valence-electron chi connectivity index (χ0n) is 13.3. The van der Waals surface area contributed by atoms with Gasteiger partial charge in [0.25, 0.3) is 11.8 Å². The first-order valence-electron chi connectivity index (χ1n) is 7.24. The van der Waals surface area contributed by atoms with Crippen molar-refractivity contribution in [3.8, 4) is 0 Å². The second kappa shape index (κ2) is 6.96. The molecule has 0 radical (unpaired) electrons. The number of halogens is 1. The second-order valence-corrected chi connectivity index (χ2v) is 7.16. The van der Waals surface area contributed by atoms with Crippen molar-refractivity contribution in [3.05, 3.63) is 64.1 Å². The highest BCUT2D eigenvalue weighted by Gasteiger charge is 2.15. The summed E-state index contributed by atoms with van der Waals surface area (Å²) in [6, 6.07) is 14.0. The molecule has 120 valence electrons. The van der Waals surface area contributed by atoms with Crippen LogP contribution in [0.1, 0.15) is 41.5 Å². The van der Waals surface area contributed by atoms with E-state index in [2.05, 4.69) is 26.6 Å². The van der Waals surface area contributed by atoms with Gasteiger partial charge in [-0.1, -0.05) is 22.0 Å². The largest absolute Gasteiger partial charge is 0.347 e. The molecule has 0 saturated carbocycles. The minimum absolute atomic E-state index is 0.137. The number of rotatable bonds is 3. The van der Waals surface area contributed by atoms with Crippen LogP contribution < -0.4 is 10.6 Å². The summed E-state index contributed by atoms with van der Waals surface area (Å²) in [4.78, 5) is 24.2. The Kier molecular flexibility index (Phi) is 5.21. The standard InChI is InChI=1S/C18H19BrN2O2/c1-18(2,3)21-17(23)12-7-9-15(10-8-12)20-16(22)13-5-4-6-14(19)11-13/h4-11H,1-3H3,(H,20,22)(H,21,23). The van der Waals surface area contributed by atoms with Gasteiger partial charge < -0.3 is 10.6 Å².